The number of carbonyl (C=O) groups excluding carboxylic acids is 1. The Morgan fingerprint density at radius 3 is 2.67 bits per heavy atom. The number of carbonyl (C=O) groups is 1. The minimum absolute atomic E-state index is 0.301. The third kappa shape index (κ3) is 5.81. The summed E-state index contributed by atoms with van der Waals surface area (Å²) in [6.07, 6.45) is 10.5. The molecule has 2 atom stereocenters. The van der Waals surface area contributed by atoms with Crippen molar-refractivity contribution in [1.29, 1.82) is 0 Å². The number of nitrogens with one attached hydrogen (secondary N) is 1. The minimum atomic E-state index is 0.301. The highest BCUT2D eigenvalue weighted by atomic mass is 16.5. The first-order valence-corrected chi connectivity index (χ1v) is 11.1. The number of nitrogens with zero attached hydrogens (tertiary/aromatic N) is 2. The molecule has 1 N–H and O–H groups in total. The molecule has 2 fully saturated rings. The molecule has 0 unspecified atom stereocenters. The fourth-order valence-corrected chi connectivity index (χ4v) is 4.91. The summed E-state index contributed by atoms with van der Waals surface area (Å²) in [6, 6.07) is 2.17. The van der Waals surface area contributed by atoms with Gasteiger partial charge in [0.1, 0.15) is 5.76 Å². The molecule has 1 aliphatic heterocycles. The van der Waals surface area contributed by atoms with E-state index in [1.54, 1.807) is 0 Å². The van der Waals surface area contributed by atoms with Crippen molar-refractivity contribution in [2.24, 2.45) is 17.8 Å². The summed E-state index contributed by atoms with van der Waals surface area (Å²) < 4.78 is 5.65. The molecule has 1 aromatic heterocycles. The Morgan fingerprint density at radius 2 is 1.93 bits per heavy atom. The van der Waals surface area contributed by atoms with Crippen molar-refractivity contribution in [3.05, 3.63) is 17.5 Å². The molecule has 1 aromatic rings. The van der Waals surface area contributed by atoms with Crippen LogP contribution in [-0.4, -0.2) is 42.1 Å². The van der Waals surface area contributed by atoms with Gasteiger partial charge in [-0.05, 0) is 57.5 Å². The van der Waals surface area contributed by atoms with Crippen molar-refractivity contribution >= 4 is 5.91 Å². The van der Waals surface area contributed by atoms with Crippen molar-refractivity contribution < 1.29 is 9.32 Å². The number of rotatable bonds is 8. The van der Waals surface area contributed by atoms with E-state index in [4.69, 9.17) is 4.52 Å². The van der Waals surface area contributed by atoms with E-state index in [1.807, 2.05) is 4.90 Å². The van der Waals surface area contributed by atoms with E-state index in [9.17, 15) is 4.79 Å². The van der Waals surface area contributed by atoms with Crippen LogP contribution in [0.3, 0.4) is 0 Å². The van der Waals surface area contributed by atoms with Crippen LogP contribution in [0, 0.1) is 17.8 Å². The highest BCUT2D eigenvalue weighted by Crippen LogP contribution is 2.29. The van der Waals surface area contributed by atoms with Crippen LogP contribution in [0.1, 0.15) is 70.2 Å². The second-order valence-electron chi connectivity index (χ2n) is 8.48. The van der Waals surface area contributed by atoms with Gasteiger partial charge in [-0.2, -0.15) is 0 Å². The van der Waals surface area contributed by atoms with Gasteiger partial charge < -0.3 is 14.7 Å². The van der Waals surface area contributed by atoms with E-state index in [0.29, 0.717) is 24.2 Å². The van der Waals surface area contributed by atoms with Gasteiger partial charge in [0.05, 0.1) is 5.69 Å². The van der Waals surface area contributed by atoms with Crippen LogP contribution in [0.15, 0.2) is 10.6 Å². The van der Waals surface area contributed by atoms with Gasteiger partial charge in [0.25, 0.3) is 0 Å². The molecule has 1 amide bonds. The molecule has 3 rings (SSSR count). The van der Waals surface area contributed by atoms with Crippen molar-refractivity contribution in [3.8, 4) is 0 Å². The quantitative estimate of drug-likeness (QED) is 0.750. The lowest BCUT2D eigenvalue weighted by Crippen LogP contribution is -2.41. The van der Waals surface area contributed by atoms with Gasteiger partial charge in [0.15, 0.2) is 0 Å². The summed E-state index contributed by atoms with van der Waals surface area (Å²) in [4.78, 5) is 14.5. The van der Waals surface area contributed by atoms with Gasteiger partial charge >= 0.3 is 0 Å². The first-order valence-electron chi connectivity index (χ1n) is 11.1. The molecular formula is C22H37N3O2. The normalized spacial score (nSPS) is 24.1. The highest BCUT2D eigenvalue weighted by molar-refractivity contribution is 5.76. The molecule has 0 bridgehead atoms. The zero-order chi connectivity index (χ0) is 19.1. The number of aromatic nitrogens is 1. The van der Waals surface area contributed by atoms with E-state index >= 15 is 0 Å². The van der Waals surface area contributed by atoms with E-state index < -0.39 is 0 Å². The van der Waals surface area contributed by atoms with E-state index in [0.717, 1.165) is 62.8 Å². The molecule has 2 heterocycles. The fourth-order valence-electron chi connectivity index (χ4n) is 4.91. The number of amides is 1. The lowest BCUT2D eigenvalue weighted by atomic mass is 9.81. The highest BCUT2D eigenvalue weighted by Gasteiger charge is 2.29. The number of piperidine rings is 1. The summed E-state index contributed by atoms with van der Waals surface area (Å²) >= 11 is 0. The monoisotopic (exact) mass is 375 g/mol. The van der Waals surface area contributed by atoms with Crippen LogP contribution in [0.5, 0.6) is 0 Å². The van der Waals surface area contributed by atoms with Crippen LogP contribution in [0.25, 0.3) is 0 Å². The van der Waals surface area contributed by atoms with E-state index in [2.05, 4.69) is 30.4 Å². The van der Waals surface area contributed by atoms with Gasteiger partial charge in [-0.1, -0.05) is 37.3 Å². The Morgan fingerprint density at radius 1 is 1.15 bits per heavy atom. The predicted molar refractivity (Wildman–Crippen MR) is 107 cm³/mol. The van der Waals surface area contributed by atoms with Gasteiger partial charge in [-0.3, -0.25) is 4.79 Å². The molecule has 5 nitrogen and oxygen atoms in total. The van der Waals surface area contributed by atoms with Crippen LogP contribution in [0.2, 0.25) is 0 Å². The second-order valence-corrected chi connectivity index (χ2v) is 8.48. The Bertz CT molecular complexity index is 576. The molecule has 27 heavy (non-hydrogen) atoms. The third-order valence-electron chi connectivity index (χ3n) is 6.61. The first kappa shape index (κ1) is 20.4. The zero-order valence-electron chi connectivity index (χ0n) is 17.2. The minimum Gasteiger partial charge on any atom is -0.361 e. The average Bonchev–Trinajstić information content (AvgIpc) is 3.12. The van der Waals surface area contributed by atoms with Crippen molar-refractivity contribution in [2.75, 3.05) is 26.2 Å². The van der Waals surface area contributed by atoms with Crippen LogP contribution in [0.4, 0.5) is 0 Å². The van der Waals surface area contributed by atoms with E-state index in [-0.39, 0.29) is 0 Å². The van der Waals surface area contributed by atoms with Crippen LogP contribution < -0.4 is 5.32 Å². The zero-order valence-corrected chi connectivity index (χ0v) is 17.2. The third-order valence-corrected chi connectivity index (χ3v) is 6.61. The molecule has 2 aliphatic rings. The lowest BCUT2D eigenvalue weighted by Gasteiger charge is -2.32. The van der Waals surface area contributed by atoms with Crippen LogP contribution >= 0.6 is 0 Å². The van der Waals surface area contributed by atoms with Gasteiger partial charge in [0, 0.05) is 32.0 Å². The average molecular weight is 376 g/mol. The summed E-state index contributed by atoms with van der Waals surface area (Å²) in [5.41, 5.74) is 1.06. The van der Waals surface area contributed by atoms with Gasteiger partial charge in [-0.25, -0.2) is 0 Å². The Balaban J connectivity index is 1.55. The first-order chi connectivity index (χ1) is 13.2. The predicted octanol–water partition coefficient (Wildman–Crippen LogP) is 3.82. The van der Waals surface area contributed by atoms with Crippen molar-refractivity contribution in [2.45, 2.75) is 71.6 Å². The SMILES string of the molecule is CCN(CC)C(=O)C[C@H]1CCNC[C@@H]1Cc1cc(CC2CCCCC2)on1. The van der Waals surface area contributed by atoms with Gasteiger partial charge in [0.2, 0.25) is 5.91 Å². The van der Waals surface area contributed by atoms with Gasteiger partial charge in [-0.15, -0.1) is 0 Å². The molecule has 0 aromatic carbocycles. The summed E-state index contributed by atoms with van der Waals surface area (Å²) in [6.45, 7) is 7.71. The molecule has 1 saturated carbocycles. The summed E-state index contributed by atoms with van der Waals surface area (Å²) in [5, 5.41) is 7.86. The number of hydrogen-bond acceptors (Lipinski definition) is 4. The number of hydrogen-bond donors (Lipinski definition) is 1. The standard InChI is InChI=1S/C22H37N3O2/c1-3-25(4-2)22(26)14-18-10-11-23-16-19(18)13-20-15-21(27-24-20)12-17-8-6-5-7-9-17/h15,17-19,23H,3-14,16H2,1-2H3/t18-,19+/m1/s1. The van der Waals surface area contributed by atoms with Crippen molar-refractivity contribution in [1.82, 2.24) is 15.4 Å². The molecule has 5 heteroatoms. The van der Waals surface area contributed by atoms with E-state index in [1.165, 1.54) is 32.1 Å². The Kier molecular flexibility index (Phi) is 7.74. The summed E-state index contributed by atoms with van der Waals surface area (Å²) in [7, 11) is 0. The molecule has 152 valence electrons. The smallest absolute Gasteiger partial charge is 0.222 e. The molecule has 0 radical (unpaired) electrons. The molecular weight excluding hydrogens is 338 g/mol. The Labute approximate surface area is 164 Å². The molecule has 0 spiro atoms. The lowest BCUT2D eigenvalue weighted by molar-refractivity contribution is -0.132. The van der Waals surface area contributed by atoms with Crippen molar-refractivity contribution in [3.63, 3.8) is 0 Å². The summed E-state index contributed by atoms with van der Waals surface area (Å²) in [5.74, 6) is 3.03. The maximum atomic E-state index is 12.6. The maximum absolute atomic E-state index is 12.6. The molecule has 1 saturated heterocycles. The molecule has 1 aliphatic carbocycles. The Hall–Kier alpha value is -1.36. The fraction of sp³-hybridized carbons (Fsp3) is 0.818. The topological polar surface area (TPSA) is 58.4 Å². The second kappa shape index (κ2) is 10.3. The largest absolute Gasteiger partial charge is 0.361 e. The van der Waals surface area contributed by atoms with Crippen LogP contribution in [-0.2, 0) is 17.6 Å². The maximum Gasteiger partial charge on any atom is 0.222 e.